The molecule has 1 aliphatic rings. The van der Waals surface area contributed by atoms with Crippen LogP contribution in [0.5, 0.6) is 0 Å². The van der Waals surface area contributed by atoms with Crippen LogP contribution >= 0.6 is 0 Å². The summed E-state index contributed by atoms with van der Waals surface area (Å²) in [6.45, 7) is 2.89. The van der Waals surface area contributed by atoms with Gasteiger partial charge < -0.3 is 15.2 Å². The molecule has 1 saturated heterocycles. The average molecular weight is 361 g/mol. The second kappa shape index (κ2) is 7.76. The molecule has 4 rings (SSSR count). The van der Waals surface area contributed by atoms with E-state index in [1.165, 1.54) is 12.8 Å². The van der Waals surface area contributed by atoms with E-state index in [9.17, 15) is 9.59 Å². The SMILES string of the molecule is O=C(NC(CN1CCCC1)c1ccccc1)c1cc2ccccc2c(=O)[nH]1. The van der Waals surface area contributed by atoms with Crippen molar-refractivity contribution in [3.8, 4) is 0 Å². The molecule has 1 aliphatic heterocycles. The zero-order chi connectivity index (χ0) is 18.6. The normalized spacial score (nSPS) is 15.7. The van der Waals surface area contributed by atoms with Crippen LogP contribution in [0.25, 0.3) is 10.8 Å². The number of fused-ring (bicyclic) bond motifs is 1. The van der Waals surface area contributed by atoms with Gasteiger partial charge in [0.25, 0.3) is 11.5 Å². The molecule has 5 nitrogen and oxygen atoms in total. The predicted octanol–water partition coefficient (Wildman–Crippen LogP) is 3.10. The molecular formula is C22H23N3O2. The first-order valence-corrected chi connectivity index (χ1v) is 9.41. The maximum atomic E-state index is 12.9. The van der Waals surface area contributed by atoms with E-state index in [2.05, 4.69) is 15.2 Å². The van der Waals surface area contributed by atoms with Crippen LogP contribution in [0.1, 0.15) is 34.9 Å². The van der Waals surface area contributed by atoms with Crippen molar-refractivity contribution >= 4 is 16.7 Å². The van der Waals surface area contributed by atoms with Crippen molar-refractivity contribution in [2.45, 2.75) is 18.9 Å². The molecule has 3 aromatic rings. The number of aromatic nitrogens is 1. The zero-order valence-corrected chi connectivity index (χ0v) is 15.2. The number of carbonyl (C=O) groups is 1. The molecule has 1 unspecified atom stereocenters. The third-order valence-electron chi connectivity index (χ3n) is 5.14. The van der Waals surface area contributed by atoms with E-state index < -0.39 is 0 Å². The minimum atomic E-state index is -0.258. The third kappa shape index (κ3) is 3.93. The van der Waals surface area contributed by atoms with Gasteiger partial charge in [-0.2, -0.15) is 0 Å². The Labute approximate surface area is 158 Å². The lowest BCUT2D eigenvalue weighted by atomic mass is 10.1. The topological polar surface area (TPSA) is 65.2 Å². The van der Waals surface area contributed by atoms with Gasteiger partial charge in [-0.25, -0.2) is 0 Å². The lowest BCUT2D eigenvalue weighted by molar-refractivity contribution is 0.0922. The molecular weight excluding hydrogens is 338 g/mol. The molecule has 0 bridgehead atoms. The highest BCUT2D eigenvalue weighted by Gasteiger charge is 2.21. The molecule has 0 aliphatic carbocycles. The van der Waals surface area contributed by atoms with Crippen LogP contribution in [0.15, 0.2) is 65.5 Å². The summed E-state index contributed by atoms with van der Waals surface area (Å²) in [4.78, 5) is 30.3. The Hall–Kier alpha value is -2.92. The Bertz CT molecular complexity index is 991. The highest BCUT2D eigenvalue weighted by molar-refractivity contribution is 5.96. The van der Waals surface area contributed by atoms with Crippen molar-refractivity contribution in [3.05, 3.63) is 82.3 Å². The monoisotopic (exact) mass is 361 g/mol. The predicted molar refractivity (Wildman–Crippen MR) is 107 cm³/mol. The largest absolute Gasteiger partial charge is 0.343 e. The number of H-pyrrole nitrogens is 1. The van der Waals surface area contributed by atoms with Gasteiger partial charge >= 0.3 is 0 Å². The Kier molecular flexibility index (Phi) is 5.03. The van der Waals surface area contributed by atoms with Gasteiger partial charge in [0.05, 0.1) is 6.04 Å². The molecule has 27 heavy (non-hydrogen) atoms. The molecule has 2 heterocycles. The van der Waals surface area contributed by atoms with Gasteiger partial charge in [-0.1, -0.05) is 48.5 Å². The minimum Gasteiger partial charge on any atom is -0.343 e. The van der Waals surface area contributed by atoms with E-state index in [1.807, 2.05) is 48.5 Å². The number of aromatic amines is 1. The number of pyridine rings is 1. The quantitative estimate of drug-likeness (QED) is 0.734. The Morgan fingerprint density at radius 2 is 1.74 bits per heavy atom. The van der Waals surface area contributed by atoms with E-state index in [0.29, 0.717) is 11.1 Å². The molecule has 0 radical (unpaired) electrons. The van der Waals surface area contributed by atoms with Crippen molar-refractivity contribution < 1.29 is 4.79 Å². The summed E-state index contributed by atoms with van der Waals surface area (Å²) in [7, 11) is 0. The number of nitrogens with one attached hydrogen (secondary N) is 2. The number of nitrogens with zero attached hydrogens (tertiary/aromatic N) is 1. The summed E-state index contributed by atoms with van der Waals surface area (Å²) in [5, 5.41) is 4.47. The first-order chi connectivity index (χ1) is 13.2. The Morgan fingerprint density at radius 3 is 2.52 bits per heavy atom. The van der Waals surface area contributed by atoms with Gasteiger partial charge in [-0.3, -0.25) is 9.59 Å². The van der Waals surface area contributed by atoms with Gasteiger partial charge in [0, 0.05) is 11.9 Å². The van der Waals surface area contributed by atoms with Crippen LogP contribution in [-0.2, 0) is 0 Å². The van der Waals surface area contributed by atoms with Crippen molar-refractivity contribution in [1.82, 2.24) is 15.2 Å². The molecule has 0 saturated carbocycles. The number of rotatable bonds is 5. The number of hydrogen-bond acceptors (Lipinski definition) is 3. The van der Waals surface area contributed by atoms with E-state index in [1.54, 1.807) is 12.1 Å². The van der Waals surface area contributed by atoms with Crippen LogP contribution in [0.2, 0.25) is 0 Å². The van der Waals surface area contributed by atoms with Crippen molar-refractivity contribution in [2.75, 3.05) is 19.6 Å². The standard InChI is InChI=1S/C22H23N3O2/c26-21-18-11-5-4-10-17(18)14-19(23-21)22(27)24-20(15-25-12-6-7-13-25)16-8-2-1-3-9-16/h1-5,8-11,14,20H,6-7,12-13,15H2,(H,23,26)(H,24,27). The fourth-order valence-corrected chi connectivity index (χ4v) is 3.71. The summed E-state index contributed by atoms with van der Waals surface area (Å²) >= 11 is 0. The van der Waals surface area contributed by atoms with Crippen molar-refractivity contribution in [2.24, 2.45) is 0 Å². The number of likely N-dealkylation sites (tertiary alicyclic amines) is 1. The fraction of sp³-hybridized carbons (Fsp3) is 0.273. The molecule has 1 aromatic heterocycles. The van der Waals surface area contributed by atoms with E-state index in [-0.39, 0.29) is 17.5 Å². The van der Waals surface area contributed by atoms with Crippen LogP contribution in [0, 0.1) is 0 Å². The average Bonchev–Trinajstić information content (AvgIpc) is 3.21. The van der Waals surface area contributed by atoms with Gasteiger partial charge in [0.15, 0.2) is 0 Å². The van der Waals surface area contributed by atoms with Gasteiger partial charge in [0.2, 0.25) is 0 Å². The second-order valence-corrected chi connectivity index (χ2v) is 7.04. The number of benzene rings is 2. The lowest BCUT2D eigenvalue weighted by Crippen LogP contribution is -2.37. The van der Waals surface area contributed by atoms with Gasteiger partial charge in [-0.05, 0) is 49.0 Å². The molecule has 5 heteroatoms. The fourth-order valence-electron chi connectivity index (χ4n) is 3.71. The van der Waals surface area contributed by atoms with Crippen molar-refractivity contribution in [1.29, 1.82) is 0 Å². The summed E-state index contributed by atoms with van der Waals surface area (Å²) in [6.07, 6.45) is 2.40. The summed E-state index contributed by atoms with van der Waals surface area (Å²) in [6, 6.07) is 18.9. The van der Waals surface area contributed by atoms with Crippen molar-refractivity contribution in [3.63, 3.8) is 0 Å². The van der Waals surface area contributed by atoms with Crippen LogP contribution < -0.4 is 10.9 Å². The molecule has 0 spiro atoms. The molecule has 2 aromatic carbocycles. The molecule has 1 atom stereocenters. The highest BCUT2D eigenvalue weighted by Crippen LogP contribution is 2.18. The zero-order valence-electron chi connectivity index (χ0n) is 15.2. The number of amides is 1. The maximum absolute atomic E-state index is 12.9. The summed E-state index contributed by atoms with van der Waals surface area (Å²) in [5.41, 5.74) is 1.12. The third-order valence-corrected chi connectivity index (χ3v) is 5.14. The first-order valence-electron chi connectivity index (χ1n) is 9.41. The smallest absolute Gasteiger partial charge is 0.268 e. The minimum absolute atomic E-state index is 0.119. The van der Waals surface area contributed by atoms with E-state index in [0.717, 1.165) is 30.6 Å². The molecule has 1 amide bonds. The Morgan fingerprint density at radius 1 is 1.04 bits per heavy atom. The van der Waals surface area contributed by atoms with Crippen LogP contribution in [0.4, 0.5) is 0 Å². The first kappa shape index (κ1) is 17.5. The van der Waals surface area contributed by atoms with Crippen LogP contribution in [0.3, 0.4) is 0 Å². The van der Waals surface area contributed by atoms with Crippen LogP contribution in [-0.4, -0.2) is 35.4 Å². The highest BCUT2D eigenvalue weighted by atomic mass is 16.2. The molecule has 1 fully saturated rings. The lowest BCUT2D eigenvalue weighted by Gasteiger charge is -2.25. The summed E-state index contributed by atoms with van der Waals surface area (Å²) in [5.74, 6) is -0.258. The number of hydrogen-bond donors (Lipinski definition) is 2. The van der Waals surface area contributed by atoms with Gasteiger partial charge in [-0.15, -0.1) is 0 Å². The van der Waals surface area contributed by atoms with Gasteiger partial charge in [0.1, 0.15) is 5.69 Å². The number of carbonyl (C=O) groups excluding carboxylic acids is 1. The molecule has 2 N–H and O–H groups in total. The maximum Gasteiger partial charge on any atom is 0.268 e. The van der Waals surface area contributed by atoms with E-state index >= 15 is 0 Å². The second-order valence-electron chi connectivity index (χ2n) is 7.04. The molecule has 138 valence electrons. The Balaban J connectivity index is 1.60. The summed E-state index contributed by atoms with van der Waals surface area (Å²) < 4.78 is 0. The van der Waals surface area contributed by atoms with E-state index in [4.69, 9.17) is 0 Å².